The maximum Gasteiger partial charge on any atom is 0.335 e. The van der Waals surface area contributed by atoms with E-state index in [-0.39, 0.29) is 6.61 Å². The van der Waals surface area contributed by atoms with Crippen LogP contribution >= 0.6 is 11.6 Å². The van der Waals surface area contributed by atoms with Crippen LogP contribution in [0, 0.1) is 0 Å². The average molecular weight is 469 g/mol. The number of hydrogen-bond donors (Lipinski definition) is 1. The number of benzene rings is 2. The summed E-state index contributed by atoms with van der Waals surface area (Å²) >= 11 is 6.39. The monoisotopic (exact) mass is 468 g/mol. The quantitative estimate of drug-likeness (QED) is 0.384. The first-order chi connectivity index (χ1) is 15.8. The normalized spacial score (nSPS) is 11.3. The second kappa shape index (κ2) is 10.2. The first-order valence-electron chi connectivity index (χ1n) is 10.8. The lowest BCUT2D eigenvalue weighted by molar-refractivity contribution is -0.162. The number of nitrogens with zero attached hydrogens (tertiary/aromatic N) is 4. The molecule has 8 heteroatoms. The Morgan fingerprint density at radius 3 is 2.58 bits per heavy atom. The van der Waals surface area contributed by atoms with Crippen molar-refractivity contribution in [3.8, 4) is 11.3 Å². The molecule has 2 aromatic heterocycles. The van der Waals surface area contributed by atoms with Crippen molar-refractivity contribution in [3.63, 3.8) is 0 Å². The molecule has 4 rings (SSSR count). The van der Waals surface area contributed by atoms with Gasteiger partial charge in [-0.25, -0.2) is 4.79 Å². The van der Waals surface area contributed by atoms with Crippen LogP contribution in [-0.2, 0) is 29.7 Å². The molecule has 0 bridgehead atoms. The summed E-state index contributed by atoms with van der Waals surface area (Å²) in [6.45, 7) is 7.58. The first kappa shape index (κ1) is 24.5. The third kappa shape index (κ3) is 5.26. The summed E-state index contributed by atoms with van der Waals surface area (Å²) in [5.41, 5.74) is 3.13. The van der Waals surface area contributed by atoms with E-state index in [4.69, 9.17) is 21.4 Å². The van der Waals surface area contributed by atoms with Gasteiger partial charge in [-0.05, 0) is 37.6 Å². The second-order valence-corrected chi connectivity index (χ2v) is 8.29. The zero-order valence-electron chi connectivity index (χ0n) is 19.5. The van der Waals surface area contributed by atoms with Gasteiger partial charge in [-0.1, -0.05) is 55.8 Å². The van der Waals surface area contributed by atoms with E-state index < -0.39 is 11.6 Å². The Labute approximate surface area is 198 Å². The van der Waals surface area contributed by atoms with E-state index in [0.29, 0.717) is 17.3 Å². The molecule has 0 unspecified atom stereocenters. The predicted octanol–water partition coefficient (Wildman–Crippen LogP) is 5.54. The lowest BCUT2D eigenvalue weighted by Gasteiger charge is -2.19. The van der Waals surface area contributed by atoms with E-state index >= 15 is 0 Å². The minimum atomic E-state index is -1.31. The van der Waals surface area contributed by atoms with E-state index in [1.54, 1.807) is 0 Å². The zero-order valence-corrected chi connectivity index (χ0v) is 20.3. The third-order valence-corrected chi connectivity index (χ3v) is 5.64. The molecule has 0 spiro atoms. The molecule has 7 nitrogen and oxygen atoms in total. The maximum atomic E-state index is 11.4. The SMILES string of the molecule is CC.Cn1ncc2c(-c3cc(COC(C)(C)C(=O)O)nn3Cc3ccccc3Cl)cccc21. The van der Waals surface area contributed by atoms with E-state index in [0.717, 1.165) is 27.7 Å². The van der Waals surface area contributed by atoms with Crippen LogP contribution in [0.4, 0.5) is 0 Å². The minimum absolute atomic E-state index is 0.0742. The Morgan fingerprint density at radius 1 is 1.15 bits per heavy atom. The molecule has 2 heterocycles. The summed E-state index contributed by atoms with van der Waals surface area (Å²) < 4.78 is 9.33. The molecule has 4 aromatic rings. The van der Waals surface area contributed by atoms with Gasteiger partial charge in [-0.3, -0.25) is 9.36 Å². The van der Waals surface area contributed by atoms with E-state index in [1.165, 1.54) is 13.8 Å². The second-order valence-electron chi connectivity index (χ2n) is 7.88. The van der Waals surface area contributed by atoms with Gasteiger partial charge in [0.2, 0.25) is 0 Å². The number of rotatable bonds is 7. The highest BCUT2D eigenvalue weighted by Gasteiger charge is 2.28. The van der Waals surface area contributed by atoms with E-state index in [9.17, 15) is 9.90 Å². The zero-order chi connectivity index (χ0) is 24.2. The number of carboxylic acids is 1. The highest BCUT2D eigenvalue weighted by atomic mass is 35.5. The predicted molar refractivity (Wildman–Crippen MR) is 130 cm³/mol. The van der Waals surface area contributed by atoms with Gasteiger partial charge in [0.15, 0.2) is 5.60 Å². The fourth-order valence-electron chi connectivity index (χ4n) is 3.38. The minimum Gasteiger partial charge on any atom is -0.479 e. The van der Waals surface area contributed by atoms with Gasteiger partial charge in [0, 0.05) is 23.0 Å². The van der Waals surface area contributed by atoms with Gasteiger partial charge < -0.3 is 9.84 Å². The topological polar surface area (TPSA) is 82.2 Å². The molecule has 0 aliphatic rings. The van der Waals surface area contributed by atoms with Crippen LogP contribution in [0.2, 0.25) is 5.02 Å². The highest BCUT2D eigenvalue weighted by Crippen LogP contribution is 2.30. The number of aryl methyl sites for hydroxylation is 1. The number of aliphatic carboxylic acids is 1. The van der Waals surface area contributed by atoms with Crippen molar-refractivity contribution in [1.29, 1.82) is 0 Å². The molecule has 1 N–H and O–H groups in total. The Kier molecular flexibility index (Phi) is 7.56. The Bertz CT molecular complexity index is 1260. The highest BCUT2D eigenvalue weighted by molar-refractivity contribution is 6.31. The molecule has 0 saturated heterocycles. The molecule has 2 aromatic carbocycles. The number of carboxylic acid groups (broad SMARTS) is 1. The van der Waals surface area contributed by atoms with Crippen LogP contribution in [0.5, 0.6) is 0 Å². The molecule has 0 fully saturated rings. The number of fused-ring (bicyclic) bond motifs is 1. The maximum absolute atomic E-state index is 11.4. The average Bonchev–Trinajstić information content (AvgIpc) is 3.39. The van der Waals surface area contributed by atoms with Gasteiger partial charge in [-0.2, -0.15) is 10.2 Å². The molecule has 0 radical (unpaired) electrons. The summed E-state index contributed by atoms with van der Waals surface area (Å²) in [7, 11) is 1.90. The summed E-state index contributed by atoms with van der Waals surface area (Å²) in [5, 5.41) is 20.1. The molecule has 0 amide bonds. The molecular weight excluding hydrogens is 440 g/mol. The number of hydrogen-bond acceptors (Lipinski definition) is 4. The van der Waals surface area contributed by atoms with Crippen molar-refractivity contribution in [1.82, 2.24) is 19.6 Å². The van der Waals surface area contributed by atoms with E-state index in [1.807, 2.05) is 85.0 Å². The van der Waals surface area contributed by atoms with Crippen LogP contribution < -0.4 is 0 Å². The Balaban J connectivity index is 0.00000149. The molecule has 174 valence electrons. The van der Waals surface area contributed by atoms with E-state index in [2.05, 4.69) is 5.10 Å². The van der Waals surface area contributed by atoms with Crippen molar-refractivity contribution in [2.75, 3.05) is 0 Å². The lowest BCUT2D eigenvalue weighted by Crippen LogP contribution is -2.34. The fraction of sp³-hybridized carbons (Fsp3) is 0.320. The van der Waals surface area contributed by atoms with Crippen molar-refractivity contribution < 1.29 is 14.6 Å². The molecule has 0 atom stereocenters. The van der Waals surface area contributed by atoms with Gasteiger partial charge in [0.05, 0.1) is 36.3 Å². The van der Waals surface area contributed by atoms with Crippen LogP contribution in [0.1, 0.15) is 39.0 Å². The van der Waals surface area contributed by atoms with Crippen LogP contribution in [-0.4, -0.2) is 36.2 Å². The van der Waals surface area contributed by atoms with Gasteiger partial charge in [-0.15, -0.1) is 0 Å². The first-order valence-corrected chi connectivity index (χ1v) is 11.2. The summed E-state index contributed by atoms with van der Waals surface area (Å²) in [6.07, 6.45) is 1.83. The number of carbonyl (C=O) groups is 1. The summed E-state index contributed by atoms with van der Waals surface area (Å²) in [4.78, 5) is 11.4. The third-order valence-electron chi connectivity index (χ3n) is 5.27. The van der Waals surface area contributed by atoms with Gasteiger partial charge in [0.1, 0.15) is 0 Å². The lowest BCUT2D eigenvalue weighted by atomic mass is 10.1. The van der Waals surface area contributed by atoms with Crippen molar-refractivity contribution in [2.45, 2.75) is 46.4 Å². The molecule has 0 aliphatic carbocycles. The van der Waals surface area contributed by atoms with Crippen LogP contribution in [0.15, 0.2) is 54.7 Å². The Hall–Kier alpha value is -3.16. The van der Waals surface area contributed by atoms with Crippen molar-refractivity contribution in [3.05, 3.63) is 71.0 Å². The fourth-order valence-corrected chi connectivity index (χ4v) is 3.58. The molecule has 0 saturated carbocycles. The Morgan fingerprint density at radius 2 is 1.88 bits per heavy atom. The molecule has 0 aliphatic heterocycles. The molecular formula is C25H29ClN4O3. The van der Waals surface area contributed by atoms with Gasteiger partial charge >= 0.3 is 5.97 Å². The van der Waals surface area contributed by atoms with Crippen molar-refractivity contribution in [2.24, 2.45) is 7.05 Å². The largest absolute Gasteiger partial charge is 0.479 e. The van der Waals surface area contributed by atoms with Crippen molar-refractivity contribution >= 4 is 28.5 Å². The van der Waals surface area contributed by atoms with Crippen LogP contribution in [0.25, 0.3) is 22.2 Å². The smallest absolute Gasteiger partial charge is 0.335 e. The standard InChI is InChI=1S/C23H23ClN4O3.C2H6/c1-23(2,22(29)30)31-14-16-11-21(17-8-6-10-20-18(17)12-25-27(20)3)28(26-16)13-15-7-4-5-9-19(15)24;1-2/h4-12H,13-14H2,1-3H3,(H,29,30);1-2H3. The van der Waals surface area contributed by atoms with Gasteiger partial charge in [0.25, 0.3) is 0 Å². The number of halogens is 1. The molecule has 33 heavy (non-hydrogen) atoms. The summed E-state index contributed by atoms with van der Waals surface area (Å²) in [6, 6.07) is 15.6. The van der Waals surface area contributed by atoms with Crippen LogP contribution in [0.3, 0.4) is 0 Å². The summed E-state index contributed by atoms with van der Waals surface area (Å²) in [5.74, 6) is -1.02. The number of ether oxygens (including phenoxy) is 1. The number of aromatic nitrogens is 4.